The summed E-state index contributed by atoms with van der Waals surface area (Å²) >= 11 is 1.15. The van der Waals surface area contributed by atoms with Crippen molar-refractivity contribution in [2.75, 3.05) is 43.4 Å². The number of halogens is 1. The number of nitrogens with two attached hydrogens (primary N) is 1. The molecule has 4 rings (SSSR count). The minimum absolute atomic E-state index is 0.200. The molecule has 1 amide bonds. The molecule has 1 fully saturated rings. The minimum Gasteiger partial charge on any atom is -0.451 e. The van der Waals surface area contributed by atoms with Gasteiger partial charge in [-0.05, 0) is 50.6 Å². The molecule has 1 aliphatic heterocycles. The number of rotatable bonds is 5. The Morgan fingerprint density at radius 3 is 2.50 bits per heavy atom. The SMILES string of the molecule is CC(=O)c1ccc(N2CCN(C(=O)COC(=O)c3sc4nc(C)cc(C)c4c3N)CC2)c(F)c1. The van der Waals surface area contributed by atoms with E-state index in [0.29, 0.717) is 47.9 Å². The molecule has 2 aromatic heterocycles. The Bertz CT molecular complexity index is 1300. The number of aryl methyl sites for hydroxylation is 2. The highest BCUT2D eigenvalue weighted by Gasteiger charge is 2.25. The molecule has 3 heterocycles. The lowest BCUT2D eigenvalue weighted by atomic mass is 10.1. The number of pyridine rings is 1. The number of anilines is 2. The number of fused-ring (bicyclic) bond motifs is 1. The highest BCUT2D eigenvalue weighted by Crippen LogP contribution is 2.35. The van der Waals surface area contributed by atoms with Crippen LogP contribution in [0, 0.1) is 19.7 Å². The van der Waals surface area contributed by atoms with E-state index in [1.54, 1.807) is 17.0 Å². The maximum absolute atomic E-state index is 14.4. The van der Waals surface area contributed by atoms with E-state index >= 15 is 0 Å². The van der Waals surface area contributed by atoms with Crippen molar-refractivity contribution >= 4 is 50.6 Å². The fourth-order valence-electron chi connectivity index (χ4n) is 4.08. The lowest BCUT2D eigenvalue weighted by Crippen LogP contribution is -2.50. The summed E-state index contributed by atoms with van der Waals surface area (Å²) in [5, 5.41) is 0.730. The van der Waals surface area contributed by atoms with Gasteiger partial charge in [0.2, 0.25) is 0 Å². The summed E-state index contributed by atoms with van der Waals surface area (Å²) in [6.07, 6.45) is 0. The second kappa shape index (κ2) is 9.38. The number of amides is 1. The molecule has 10 heteroatoms. The lowest BCUT2D eigenvalue weighted by Gasteiger charge is -2.36. The van der Waals surface area contributed by atoms with Crippen molar-refractivity contribution in [2.24, 2.45) is 0 Å². The highest BCUT2D eigenvalue weighted by molar-refractivity contribution is 7.21. The van der Waals surface area contributed by atoms with Crippen LogP contribution in [0.3, 0.4) is 0 Å². The van der Waals surface area contributed by atoms with Crippen molar-refractivity contribution in [2.45, 2.75) is 20.8 Å². The molecular formula is C24H25FN4O4S. The predicted octanol–water partition coefficient (Wildman–Crippen LogP) is 3.34. The molecule has 1 aliphatic rings. The van der Waals surface area contributed by atoms with Crippen molar-refractivity contribution in [3.8, 4) is 0 Å². The number of piperazine rings is 1. The third-order valence-corrected chi connectivity index (χ3v) is 6.94. The van der Waals surface area contributed by atoms with Gasteiger partial charge in [0.1, 0.15) is 15.5 Å². The van der Waals surface area contributed by atoms with Crippen molar-refractivity contribution in [1.82, 2.24) is 9.88 Å². The van der Waals surface area contributed by atoms with E-state index in [-0.39, 0.29) is 16.6 Å². The van der Waals surface area contributed by atoms with E-state index in [0.717, 1.165) is 28.0 Å². The highest BCUT2D eigenvalue weighted by atomic mass is 32.1. The summed E-state index contributed by atoms with van der Waals surface area (Å²) < 4.78 is 19.7. The van der Waals surface area contributed by atoms with Gasteiger partial charge >= 0.3 is 5.97 Å². The summed E-state index contributed by atoms with van der Waals surface area (Å²) in [7, 11) is 0. The third-order valence-electron chi connectivity index (χ3n) is 5.86. The standard InChI is InChI=1S/C24H25FN4O4S/c1-13-10-14(2)27-23-20(13)21(26)22(34-23)24(32)33-12-19(31)29-8-6-28(7-9-29)18-5-4-16(15(3)30)11-17(18)25/h4-5,10-11H,6-9,12,26H2,1-3H3. The van der Waals surface area contributed by atoms with E-state index < -0.39 is 18.4 Å². The molecule has 3 aromatic rings. The van der Waals surface area contributed by atoms with Crippen LogP contribution in [0.2, 0.25) is 0 Å². The summed E-state index contributed by atoms with van der Waals surface area (Å²) in [6.45, 7) is 6.32. The van der Waals surface area contributed by atoms with E-state index in [2.05, 4.69) is 4.98 Å². The largest absolute Gasteiger partial charge is 0.451 e. The molecule has 0 unspecified atom stereocenters. The Balaban J connectivity index is 1.35. The summed E-state index contributed by atoms with van der Waals surface area (Å²) in [5.74, 6) is -1.65. The number of carbonyl (C=O) groups excluding carboxylic acids is 3. The van der Waals surface area contributed by atoms with Gasteiger partial charge in [-0.3, -0.25) is 9.59 Å². The summed E-state index contributed by atoms with van der Waals surface area (Å²) in [5.41, 5.74) is 8.95. The molecule has 178 valence electrons. The lowest BCUT2D eigenvalue weighted by molar-refractivity contribution is -0.134. The Morgan fingerprint density at radius 2 is 1.85 bits per heavy atom. The van der Waals surface area contributed by atoms with Gasteiger partial charge in [-0.15, -0.1) is 11.3 Å². The van der Waals surface area contributed by atoms with Gasteiger partial charge in [0.15, 0.2) is 12.4 Å². The number of hydrogen-bond acceptors (Lipinski definition) is 8. The topological polar surface area (TPSA) is 106 Å². The van der Waals surface area contributed by atoms with Crippen LogP contribution in [0.1, 0.15) is 38.2 Å². The van der Waals surface area contributed by atoms with Crippen LogP contribution in [0.4, 0.5) is 15.8 Å². The van der Waals surface area contributed by atoms with Crippen LogP contribution < -0.4 is 10.6 Å². The zero-order valence-electron chi connectivity index (χ0n) is 19.2. The van der Waals surface area contributed by atoms with Crippen molar-refractivity contribution in [3.63, 3.8) is 0 Å². The number of ketones is 1. The molecule has 0 atom stereocenters. The number of aromatic nitrogens is 1. The first-order chi connectivity index (χ1) is 16.2. The van der Waals surface area contributed by atoms with Gasteiger partial charge in [0, 0.05) is 42.8 Å². The zero-order chi connectivity index (χ0) is 24.6. The first-order valence-electron chi connectivity index (χ1n) is 10.8. The number of carbonyl (C=O) groups is 3. The van der Waals surface area contributed by atoms with E-state index in [9.17, 15) is 18.8 Å². The van der Waals surface area contributed by atoms with Gasteiger partial charge in [-0.1, -0.05) is 0 Å². The van der Waals surface area contributed by atoms with Crippen LogP contribution in [0.15, 0.2) is 24.3 Å². The molecule has 0 saturated carbocycles. The minimum atomic E-state index is -0.655. The normalized spacial score (nSPS) is 13.9. The predicted molar refractivity (Wildman–Crippen MR) is 129 cm³/mol. The van der Waals surface area contributed by atoms with Crippen LogP contribution >= 0.6 is 11.3 Å². The van der Waals surface area contributed by atoms with Crippen molar-refractivity contribution in [3.05, 3.63) is 51.8 Å². The average Bonchev–Trinajstić information content (AvgIpc) is 3.13. The number of Topliss-reactive ketones (excluding diaryl/α,β-unsaturated/α-hetero) is 1. The second-order valence-corrected chi connectivity index (χ2v) is 9.27. The molecule has 1 saturated heterocycles. The van der Waals surface area contributed by atoms with Crippen LogP contribution in [0.5, 0.6) is 0 Å². The summed E-state index contributed by atoms with van der Waals surface area (Å²) in [4.78, 5) is 45.4. The molecule has 34 heavy (non-hydrogen) atoms. The molecule has 1 aromatic carbocycles. The fraction of sp³-hybridized carbons (Fsp3) is 0.333. The quantitative estimate of drug-likeness (QED) is 0.437. The molecular weight excluding hydrogens is 459 g/mol. The van der Waals surface area contributed by atoms with Crippen LogP contribution in [0.25, 0.3) is 10.2 Å². The number of nitrogen functional groups attached to an aromatic ring is 1. The van der Waals surface area contributed by atoms with Crippen LogP contribution in [-0.2, 0) is 9.53 Å². The Hall–Kier alpha value is -3.53. The molecule has 0 bridgehead atoms. The number of nitrogens with zero attached hydrogens (tertiary/aromatic N) is 3. The molecule has 0 aliphatic carbocycles. The zero-order valence-corrected chi connectivity index (χ0v) is 20.0. The first-order valence-corrected chi connectivity index (χ1v) is 11.6. The number of esters is 1. The molecule has 0 spiro atoms. The fourth-order valence-corrected chi connectivity index (χ4v) is 5.19. The monoisotopic (exact) mass is 484 g/mol. The smallest absolute Gasteiger partial charge is 0.351 e. The Morgan fingerprint density at radius 1 is 1.15 bits per heavy atom. The molecule has 8 nitrogen and oxygen atoms in total. The van der Waals surface area contributed by atoms with E-state index in [1.807, 2.05) is 24.8 Å². The Kier molecular flexibility index (Phi) is 6.52. The van der Waals surface area contributed by atoms with Crippen LogP contribution in [-0.4, -0.2) is 60.3 Å². The number of hydrogen-bond donors (Lipinski definition) is 1. The average molecular weight is 485 g/mol. The molecule has 0 radical (unpaired) electrons. The molecule has 2 N–H and O–H groups in total. The van der Waals surface area contributed by atoms with Gasteiger partial charge in [0.05, 0.1) is 11.4 Å². The first kappa shape index (κ1) is 23.6. The number of thiophene rings is 1. The summed E-state index contributed by atoms with van der Waals surface area (Å²) in [6, 6.07) is 6.30. The van der Waals surface area contributed by atoms with Crippen molar-refractivity contribution in [1.29, 1.82) is 0 Å². The number of benzene rings is 1. The van der Waals surface area contributed by atoms with Gasteiger partial charge < -0.3 is 20.3 Å². The van der Waals surface area contributed by atoms with E-state index in [4.69, 9.17) is 10.5 Å². The maximum atomic E-state index is 14.4. The van der Waals surface area contributed by atoms with E-state index in [1.165, 1.54) is 13.0 Å². The van der Waals surface area contributed by atoms with Gasteiger partial charge in [0.25, 0.3) is 5.91 Å². The second-order valence-electron chi connectivity index (χ2n) is 8.27. The number of ether oxygens (including phenoxy) is 1. The Labute approximate surface area is 200 Å². The van der Waals surface area contributed by atoms with Gasteiger partial charge in [-0.25, -0.2) is 14.2 Å². The maximum Gasteiger partial charge on any atom is 0.351 e. The third kappa shape index (κ3) is 4.58. The van der Waals surface area contributed by atoms with Crippen molar-refractivity contribution < 1.29 is 23.5 Å². The van der Waals surface area contributed by atoms with Gasteiger partial charge in [-0.2, -0.15) is 0 Å².